The van der Waals surface area contributed by atoms with E-state index in [9.17, 15) is 0 Å². The van der Waals surface area contributed by atoms with Crippen molar-refractivity contribution in [3.8, 4) is 0 Å². The van der Waals surface area contributed by atoms with Crippen molar-refractivity contribution in [2.24, 2.45) is 0 Å². The van der Waals surface area contributed by atoms with Gasteiger partial charge in [-0.05, 0) is 34.8 Å². The number of imidazole rings is 1. The van der Waals surface area contributed by atoms with Gasteiger partial charge in [0.15, 0.2) is 0 Å². The first-order chi connectivity index (χ1) is 8.74. The highest BCUT2D eigenvalue weighted by molar-refractivity contribution is 9.10. The Bertz CT molecular complexity index is 669. The minimum Gasteiger partial charge on any atom is -0.277 e. The maximum atomic E-state index is 4.48. The van der Waals surface area contributed by atoms with E-state index >= 15 is 0 Å². The molecule has 2 aromatic heterocycles. The van der Waals surface area contributed by atoms with Gasteiger partial charge in [0.2, 0.25) is 0 Å². The van der Waals surface area contributed by atoms with Gasteiger partial charge in [0, 0.05) is 6.42 Å². The second-order valence-corrected chi connectivity index (χ2v) is 5.03. The summed E-state index contributed by atoms with van der Waals surface area (Å²) in [7, 11) is 0. The second kappa shape index (κ2) is 4.57. The van der Waals surface area contributed by atoms with Crippen LogP contribution in [0.25, 0.3) is 5.78 Å². The molecule has 0 aliphatic rings. The van der Waals surface area contributed by atoms with Crippen LogP contribution in [0.4, 0.5) is 0 Å². The molecule has 0 fully saturated rings. The average molecular weight is 305 g/mol. The number of aromatic amines is 1. The number of aromatic nitrogens is 4. The van der Waals surface area contributed by atoms with Gasteiger partial charge in [-0.25, -0.2) is 9.50 Å². The lowest BCUT2D eigenvalue weighted by molar-refractivity contribution is 0.829. The Morgan fingerprint density at radius 2 is 1.94 bits per heavy atom. The van der Waals surface area contributed by atoms with Crippen LogP contribution in [0, 0.1) is 6.92 Å². The molecular formula is C13H13BrN4. The monoisotopic (exact) mass is 304 g/mol. The molecule has 0 spiro atoms. The maximum Gasteiger partial charge on any atom is 0.251 e. The van der Waals surface area contributed by atoms with Crippen LogP contribution in [-0.2, 0) is 12.8 Å². The fourth-order valence-corrected chi connectivity index (χ4v) is 2.30. The quantitative estimate of drug-likeness (QED) is 0.808. The van der Waals surface area contributed by atoms with Gasteiger partial charge in [0.1, 0.15) is 10.4 Å². The molecule has 1 N–H and O–H groups in total. The van der Waals surface area contributed by atoms with Gasteiger partial charge in [-0.2, -0.15) is 4.98 Å². The highest BCUT2D eigenvalue weighted by atomic mass is 79.9. The molecule has 3 aromatic rings. The molecule has 0 saturated carbocycles. The highest BCUT2D eigenvalue weighted by Gasteiger charge is 2.10. The summed E-state index contributed by atoms with van der Waals surface area (Å²) < 4.78 is 2.81. The molecule has 0 aliphatic heterocycles. The number of fused-ring (bicyclic) bond motifs is 1. The fraction of sp³-hybridized carbons (Fsp3) is 0.231. The van der Waals surface area contributed by atoms with Gasteiger partial charge in [0.25, 0.3) is 5.78 Å². The SMILES string of the molecule is Cc1nc2nc(CCc3ccccc3)[nH]n2c1Br. The number of benzene rings is 1. The van der Waals surface area contributed by atoms with Crippen LogP contribution in [0.15, 0.2) is 34.9 Å². The average Bonchev–Trinajstić information content (AvgIpc) is 2.89. The van der Waals surface area contributed by atoms with Crippen molar-refractivity contribution in [3.05, 3.63) is 52.0 Å². The lowest BCUT2D eigenvalue weighted by Gasteiger charge is -1.98. The van der Waals surface area contributed by atoms with E-state index in [1.807, 2.05) is 17.5 Å². The number of H-pyrrole nitrogens is 1. The maximum absolute atomic E-state index is 4.48. The minimum absolute atomic E-state index is 0.724. The number of halogens is 1. The Balaban J connectivity index is 1.79. The van der Waals surface area contributed by atoms with Crippen molar-refractivity contribution < 1.29 is 0 Å². The van der Waals surface area contributed by atoms with E-state index in [2.05, 4.69) is 55.3 Å². The van der Waals surface area contributed by atoms with Gasteiger partial charge in [-0.3, -0.25) is 5.10 Å². The normalized spacial score (nSPS) is 11.2. The number of hydrogen-bond donors (Lipinski definition) is 1. The molecular weight excluding hydrogens is 292 g/mol. The summed E-state index contributed by atoms with van der Waals surface area (Å²) in [5.41, 5.74) is 2.27. The van der Waals surface area contributed by atoms with Crippen LogP contribution in [0.2, 0.25) is 0 Å². The van der Waals surface area contributed by atoms with E-state index in [1.54, 1.807) is 0 Å². The van der Waals surface area contributed by atoms with Crippen LogP contribution in [-0.4, -0.2) is 19.6 Å². The first-order valence-corrected chi connectivity index (χ1v) is 6.67. The van der Waals surface area contributed by atoms with Crippen LogP contribution < -0.4 is 0 Å². The van der Waals surface area contributed by atoms with E-state index in [4.69, 9.17) is 0 Å². The summed E-state index contributed by atoms with van der Waals surface area (Å²) in [5, 5.41) is 3.25. The Morgan fingerprint density at radius 1 is 1.17 bits per heavy atom. The van der Waals surface area contributed by atoms with Crippen molar-refractivity contribution in [3.63, 3.8) is 0 Å². The predicted molar refractivity (Wildman–Crippen MR) is 73.6 cm³/mol. The molecule has 4 nitrogen and oxygen atoms in total. The van der Waals surface area contributed by atoms with Crippen molar-refractivity contribution in [1.82, 2.24) is 19.6 Å². The van der Waals surface area contributed by atoms with E-state index < -0.39 is 0 Å². The third-order valence-corrected chi connectivity index (χ3v) is 3.86. The molecule has 0 aliphatic carbocycles. The largest absolute Gasteiger partial charge is 0.277 e. The molecule has 3 rings (SSSR count). The van der Waals surface area contributed by atoms with Crippen molar-refractivity contribution >= 4 is 21.7 Å². The molecule has 0 bridgehead atoms. The number of rotatable bonds is 3. The standard InChI is InChI=1S/C13H13BrN4/c1-9-12(14)18-13(15-9)16-11(17-18)8-7-10-5-3-2-4-6-10/h2-6H,7-8H2,1H3,(H,15,16,17). The Kier molecular flexibility index (Phi) is 2.91. The molecule has 5 heteroatoms. The molecule has 0 saturated heterocycles. The van der Waals surface area contributed by atoms with Crippen molar-refractivity contribution in [2.45, 2.75) is 19.8 Å². The van der Waals surface area contributed by atoms with Gasteiger partial charge < -0.3 is 0 Å². The van der Waals surface area contributed by atoms with E-state index in [0.717, 1.165) is 34.7 Å². The van der Waals surface area contributed by atoms with Crippen LogP contribution in [0.5, 0.6) is 0 Å². The van der Waals surface area contributed by atoms with E-state index in [-0.39, 0.29) is 0 Å². The van der Waals surface area contributed by atoms with E-state index in [0.29, 0.717) is 0 Å². The second-order valence-electron chi connectivity index (χ2n) is 4.28. The molecule has 2 heterocycles. The predicted octanol–water partition coefficient (Wildman–Crippen LogP) is 2.91. The molecule has 18 heavy (non-hydrogen) atoms. The minimum atomic E-state index is 0.724. The zero-order valence-corrected chi connectivity index (χ0v) is 11.6. The summed E-state index contributed by atoms with van der Waals surface area (Å²) in [4.78, 5) is 8.84. The summed E-state index contributed by atoms with van der Waals surface area (Å²) in [5.74, 6) is 1.68. The number of nitrogens with zero attached hydrogens (tertiary/aromatic N) is 3. The van der Waals surface area contributed by atoms with Gasteiger partial charge in [0.05, 0.1) is 5.69 Å². The lowest BCUT2D eigenvalue weighted by Crippen LogP contribution is -1.95. The first kappa shape index (κ1) is 11.5. The Hall–Kier alpha value is -1.62. The molecule has 0 radical (unpaired) electrons. The molecule has 0 unspecified atom stereocenters. The lowest BCUT2D eigenvalue weighted by atomic mass is 10.1. The van der Waals surface area contributed by atoms with E-state index in [1.165, 1.54) is 5.56 Å². The van der Waals surface area contributed by atoms with Crippen LogP contribution >= 0.6 is 15.9 Å². The summed E-state index contributed by atoms with van der Waals surface area (Å²) in [6.45, 7) is 1.95. The Morgan fingerprint density at radius 3 is 2.67 bits per heavy atom. The van der Waals surface area contributed by atoms with Crippen LogP contribution in [0.3, 0.4) is 0 Å². The van der Waals surface area contributed by atoms with Gasteiger partial charge in [-0.1, -0.05) is 30.3 Å². The van der Waals surface area contributed by atoms with Crippen LogP contribution in [0.1, 0.15) is 17.1 Å². The van der Waals surface area contributed by atoms with Crippen molar-refractivity contribution in [2.75, 3.05) is 0 Å². The smallest absolute Gasteiger partial charge is 0.251 e. The zero-order chi connectivity index (χ0) is 12.5. The summed E-state index contributed by atoms with van der Waals surface area (Å²) in [6, 6.07) is 10.4. The first-order valence-electron chi connectivity index (χ1n) is 5.87. The van der Waals surface area contributed by atoms with Gasteiger partial charge >= 0.3 is 0 Å². The van der Waals surface area contributed by atoms with Gasteiger partial charge in [-0.15, -0.1) is 0 Å². The molecule has 0 atom stereocenters. The highest BCUT2D eigenvalue weighted by Crippen LogP contribution is 2.16. The number of nitrogens with one attached hydrogen (secondary N) is 1. The topological polar surface area (TPSA) is 46.0 Å². The van der Waals surface area contributed by atoms with Crippen molar-refractivity contribution in [1.29, 1.82) is 0 Å². The number of hydrogen-bond acceptors (Lipinski definition) is 2. The third kappa shape index (κ3) is 2.06. The molecule has 1 aromatic carbocycles. The molecule has 92 valence electrons. The summed E-state index contributed by atoms with van der Waals surface area (Å²) in [6.07, 6.45) is 1.87. The Labute approximate surface area is 113 Å². The fourth-order valence-electron chi connectivity index (χ4n) is 1.96. The third-order valence-electron chi connectivity index (χ3n) is 2.93. The molecule has 0 amide bonds. The summed E-state index contributed by atoms with van der Waals surface area (Å²) >= 11 is 3.49. The number of aryl methyl sites for hydroxylation is 3. The zero-order valence-electron chi connectivity index (χ0n) is 10.0.